The number of nitrogens with two attached hydrogens (primary N) is 1. The lowest BCUT2D eigenvalue weighted by atomic mass is 9.86. The number of hydrogen-bond acceptors (Lipinski definition) is 3. The highest BCUT2D eigenvalue weighted by Gasteiger charge is 2.34. The second-order valence-corrected chi connectivity index (χ2v) is 5.11. The minimum atomic E-state index is -0.00847. The van der Waals surface area contributed by atoms with Crippen molar-refractivity contribution in [2.24, 2.45) is 5.73 Å². The predicted molar refractivity (Wildman–Crippen MR) is 71.2 cm³/mol. The molecule has 1 aromatic rings. The second-order valence-electron chi connectivity index (χ2n) is 5.11. The maximum atomic E-state index is 5.97. The van der Waals surface area contributed by atoms with Gasteiger partial charge in [-0.2, -0.15) is 0 Å². The molecule has 0 radical (unpaired) electrons. The maximum absolute atomic E-state index is 5.97. The summed E-state index contributed by atoms with van der Waals surface area (Å²) < 4.78 is 5.60. The van der Waals surface area contributed by atoms with Crippen LogP contribution in [0.5, 0.6) is 0 Å². The molecule has 1 heterocycles. The molecule has 0 amide bonds. The van der Waals surface area contributed by atoms with Crippen molar-refractivity contribution in [1.29, 1.82) is 0 Å². The topological polar surface area (TPSA) is 47.3 Å². The average molecular weight is 234 g/mol. The molecule has 0 aromatic heterocycles. The predicted octanol–water partition coefficient (Wildman–Crippen LogP) is 2.30. The first-order chi connectivity index (χ1) is 8.13. The molecule has 1 aliphatic rings. The van der Waals surface area contributed by atoms with E-state index in [4.69, 9.17) is 10.5 Å². The molecule has 0 saturated carbocycles. The Morgan fingerprint density at radius 1 is 1.53 bits per heavy atom. The van der Waals surface area contributed by atoms with E-state index in [1.165, 1.54) is 5.56 Å². The first-order valence-electron chi connectivity index (χ1n) is 6.30. The minimum absolute atomic E-state index is 0.00847. The molecule has 1 fully saturated rings. The molecule has 2 rings (SSSR count). The van der Waals surface area contributed by atoms with Gasteiger partial charge in [0, 0.05) is 18.8 Å². The van der Waals surface area contributed by atoms with Crippen LogP contribution in [0, 0.1) is 6.92 Å². The summed E-state index contributed by atoms with van der Waals surface area (Å²) in [4.78, 5) is 0. The third kappa shape index (κ3) is 2.99. The van der Waals surface area contributed by atoms with Crippen molar-refractivity contribution < 1.29 is 4.74 Å². The largest absolute Gasteiger partial charge is 0.378 e. The lowest BCUT2D eigenvalue weighted by Gasteiger charge is -2.40. The van der Waals surface area contributed by atoms with Gasteiger partial charge in [-0.1, -0.05) is 12.1 Å². The molecule has 94 valence electrons. The lowest BCUT2D eigenvalue weighted by Crippen LogP contribution is -2.51. The Balaban J connectivity index is 2.13. The van der Waals surface area contributed by atoms with Crippen LogP contribution in [0.2, 0.25) is 0 Å². The Hall–Kier alpha value is -1.06. The van der Waals surface area contributed by atoms with Crippen molar-refractivity contribution in [3.63, 3.8) is 0 Å². The molecule has 2 atom stereocenters. The summed E-state index contributed by atoms with van der Waals surface area (Å²) in [6.45, 7) is 5.65. The van der Waals surface area contributed by atoms with Crippen molar-refractivity contribution in [3.05, 3.63) is 29.8 Å². The van der Waals surface area contributed by atoms with Gasteiger partial charge in [-0.15, -0.1) is 0 Å². The average Bonchev–Trinajstić information content (AvgIpc) is 2.29. The summed E-state index contributed by atoms with van der Waals surface area (Å²) >= 11 is 0. The molecule has 1 aliphatic heterocycles. The molecule has 17 heavy (non-hydrogen) atoms. The van der Waals surface area contributed by atoms with Gasteiger partial charge < -0.3 is 15.8 Å². The molecule has 3 heteroatoms. The summed E-state index contributed by atoms with van der Waals surface area (Å²) in [6.07, 6.45) is 2.23. The van der Waals surface area contributed by atoms with Crippen LogP contribution in [0.3, 0.4) is 0 Å². The Kier molecular flexibility index (Phi) is 3.69. The zero-order chi connectivity index (χ0) is 12.3. The van der Waals surface area contributed by atoms with E-state index < -0.39 is 0 Å². The first-order valence-corrected chi connectivity index (χ1v) is 6.30. The number of hydrogen-bond donors (Lipinski definition) is 2. The lowest BCUT2D eigenvalue weighted by molar-refractivity contribution is 0.000265. The molecular weight excluding hydrogens is 212 g/mol. The van der Waals surface area contributed by atoms with Crippen LogP contribution in [0.1, 0.15) is 25.3 Å². The highest BCUT2D eigenvalue weighted by Crippen LogP contribution is 2.28. The fraction of sp³-hybridized carbons (Fsp3) is 0.571. The summed E-state index contributed by atoms with van der Waals surface area (Å²) in [5.74, 6) is 0. The van der Waals surface area contributed by atoms with Gasteiger partial charge in [0.2, 0.25) is 0 Å². The van der Waals surface area contributed by atoms with Crippen molar-refractivity contribution >= 4 is 5.69 Å². The van der Waals surface area contributed by atoms with Crippen LogP contribution in [-0.4, -0.2) is 24.8 Å². The molecule has 1 saturated heterocycles. The summed E-state index contributed by atoms with van der Waals surface area (Å²) in [5, 5.41) is 3.61. The summed E-state index contributed by atoms with van der Waals surface area (Å²) in [7, 11) is 0. The SMILES string of the molecule is Cc1cccc(NC2(CN)CCOC(C)C2)c1. The maximum Gasteiger partial charge on any atom is 0.0569 e. The Bertz CT molecular complexity index is 380. The number of rotatable bonds is 3. The number of nitrogens with one attached hydrogen (secondary N) is 1. The third-order valence-corrected chi connectivity index (χ3v) is 3.48. The Morgan fingerprint density at radius 3 is 3.00 bits per heavy atom. The number of ether oxygens (including phenoxy) is 1. The van der Waals surface area contributed by atoms with Crippen molar-refractivity contribution in [3.8, 4) is 0 Å². The second kappa shape index (κ2) is 5.07. The van der Waals surface area contributed by atoms with Gasteiger partial charge in [0.25, 0.3) is 0 Å². The minimum Gasteiger partial charge on any atom is -0.378 e. The zero-order valence-corrected chi connectivity index (χ0v) is 10.7. The third-order valence-electron chi connectivity index (χ3n) is 3.48. The van der Waals surface area contributed by atoms with Crippen molar-refractivity contribution in [2.45, 2.75) is 38.3 Å². The van der Waals surface area contributed by atoms with E-state index in [2.05, 4.69) is 43.4 Å². The normalized spacial score (nSPS) is 29.0. The molecule has 0 bridgehead atoms. The van der Waals surface area contributed by atoms with E-state index >= 15 is 0 Å². The standard InChI is InChI=1S/C14H22N2O/c1-11-4-3-5-13(8-11)16-14(10-15)6-7-17-12(2)9-14/h3-5,8,12,16H,6-7,9-10,15H2,1-2H3. The smallest absolute Gasteiger partial charge is 0.0569 e. The number of anilines is 1. The molecule has 0 spiro atoms. The van der Waals surface area contributed by atoms with Gasteiger partial charge in [-0.3, -0.25) is 0 Å². The van der Waals surface area contributed by atoms with Crippen LogP contribution in [0.4, 0.5) is 5.69 Å². The van der Waals surface area contributed by atoms with Crippen LogP contribution >= 0.6 is 0 Å². The van der Waals surface area contributed by atoms with Gasteiger partial charge >= 0.3 is 0 Å². The number of aryl methyl sites for hydroxylation is 1. The summed E-state index contributed by atoms with van der Waals surface area (Å²) in [6, 6.07) is 8.44. The number of benzene rings is 1. The highest BCUT2D eigenvalue weighted by molar-refractivity contribution is 5.48. The quantitative estimate of drug-likeness (QED) is 0.843. The summed E-state index contributed by atoms with van der Waals surface area (Å²) in [5.41, 5.74) is 8.38. The van der Waals surface area contributed by atoms with Gasteiger partial charge in [0.15, 0.2) is 0 Å². The van der Waals surface area contributed by atoms with Crippen LogP contribution in [0.25, 0.3) is 0 Å². The Morgan fingerprint density at radius 2 is 2.35 bits per heavy atom. The molecular formula is C14H22N2O. The van der Waals surface area contributed by atoms with E-state index in [1.54, 1.807) is 0 Å². The van der Waals surface area contributed by atoms with Crippen LogP contribution in [0.15, 0.2) is 24.3 Å². The van der Waals surface area contributed by atoms with E-state index in [9.17, 15) is 0 Å². The van der Waals surface area contributed by atoms with E-state index in [0.717, 1.165) is 25.1 Å². The molecule has 2 unspecified atom stereocenters. The van der Waals surface area contributed by atoms with Gasteiger partial charge in [-0.05, 0) is 44.4 Å². The fourth-order valence-corrected chi connectivity index (χ4v) is 2.55. The molecule has 3 nitrogen and oxygen atoms in total. The van der Waals surface area contributed by atoms with Crippen LogP contribution < -0.4 is 11.1 Å². The van der Waals surface area contributed by atoms with Gasteiger partial charge in [0.05, 0.1) is 11.6 Å². The fourth-order valence-electron chi connectivity index (χ4n) is 2.55. The monoisotopic (exact) mass is 234 g/mol. The molecule has 0 aliphatic carbocycles. The zero-order valence-electron chi connectivity index (χ0n) is 10.7. The van der Waals surface area contributed by atoms with Gasteiger partial charge in [-0.25, -0.2) is 0 Å². The van der Waals surface area contributed by atoms with Crippen LogP contribution in [-0.2, 0) is 4.74 Å². The van der Waals surface area contributed by atoms with Gasteiger partial charge in [0.1, 0.15) is 0 Å². The van der Waals surface area contributed by atoms with E-state index in [1.807, 2.05) is 0 Å². The molecule has 1 aromatic carbocycles. The van der Waals surface area contributed by atoms with E-state index in [0.29, 0.717) is 6.54 Å². The first kappa shape index (κ1) is 12.4. The molecule has 3 N–H and O–H groups in total. The van der Waals surface area contributed by atoms with Crippen molar-refractivity contribution in [2.75, 3.05) is 18.5 Å². The van der Waals surface area contributed by atoms with Crippen molar-refractivity contribution in [1.82, 2.24) is 0 Å². The highest BCUT2D eigenvalue weighted by atomic mass is 16.5. The van der Waals surface area contributed by atoms with E-state index in [-0.39, 0.29) is 11.6 Å². The Labute approximate surface area is 103 Å².